The van der Waals surface area contributed by atoms with Gasteiger partial charge in [0.2, 0.25) is 5.91 Å². The minimum absolute atomic E-state index is 0.137. The summed E-state index contributed by atoms with van der Waals surface area (Å²) in [5.74, 6) is 5.52. The van der Waals surface area contributed by atoms with Gasteiger partial charge in [-0.05, 0) is 12.1 Å². The molecule has 1 aromatic heterocycles. The number of thioether (sulfide) groups is 1. The van der Waals surface area contributed by atoms with Crippen LogP contribution in [0.3, 0.4) is 0 Å². The van der Waals surface area contributed by atoms with Crippen molar-refractivity contribution in [2.24, 2.45) is 5.84 Å². The van der Waals surface area contributed by atoms with Crippen molar-refractivity contribution in [3.8, 4) is 0 Å². The van der Waals surface area contributed by atoms with Crippen molar-refractivity contribution in [3.05, 3.63) is 24.5 Å². The first kappa shape index (κ1) is 10.0. The predicted octanol–water partition coefficient (Wildman–Crippen LogP) is 0.554. The summed E-state index contributed by atoms with van der Waals surface area (Å²) >= 11 is 1.61. The average Bonchev–Trinajstić information content (AvgIpc) is 2.19. The van der Waals surface area contributed by atoms with Crippen LogP contribution < -0.4 is 11.3 Å². The first-order valence-corrected chi connectivity index (χ1v) is 4.84. The van der Waals surface area contributed by atoms with Crippen LogP contribution in [-0.2, 0) is 4.79 Å². The van der Waals surface area contributed by atoms with Crippen molar-refractivity contribution in [3.63, 3.8) is 0 Å². The fraction of sp³-hybridized carbons (Fsp3) is 0.250. The Labute approximate surface area is 80.9 Å². The normalized spacial score (nSPS) is 9.62. The molecule has 0 aromatic carbocycles. The van der Waals surface area contributed by atoms with Gasteiger partial charge < -0.3 is 0 Å². The molecule has 3 N–H and O–H groups in total. The Morgan fingerprint density at radius 2 is 2.23 bits per heavy atom. The lowest BCUT2D eigenvalue weighted by Gasteiger charge is -1.99. The van der Waals surface area contributed by atoms with E-state index in [1.807, 2.05) is 12.1 Å². The van der Waals surface area contributed by atoms with Crippen LogP contribution in [0.1, 0.15) is 6.42 Å². The van der Waals surface area contributed by atoms with Gasteiger partial charge in [-0.15, -0.1) is 11.8 Å². The summed E-state index contributed by atoms with van der Waals surface area (Å²) in [6, 6.07) is 3.82. The van der Waals surface area contributed by atoms with Crippen LogP contribution in [0.2, 0.25) is 0 Å². The summed E-state index contributed by atoms with van der Waals surface area (Å²) in [7, 11) is 0. The van der Waals surface area contributed by atoms with Crippen LogP contribution >= 0.6 is 11.8 Å². The van der Waals surface area contributed by atoms with Crippen LogP contribution in [0.5, 0.6) is 0 Å². The summed E-state index contributed by atoms with van der Waals surface area (Å²) in [5, 5.41) is 0. The molecular formula is C8H11N3OS. The van der Waals surface area contributed by atoms with Crippen LogP contribution in [0, 0.1) is 0 Å². The Balaban J connectivity index is 2.24. The SMILES string of the molecule is NNC(=O)CCSc1ccncc1. The van der Waals surface area contributed by atoms with Crippen molar-refractivity contribution < 1.29 is 4.79 Å². The third-order valence-electron chi connectivity index (χ3n) is 1.41. The van der Waals surface area contributed by atoms with Gasteiger partial charge in [0.1, 0.15) is 0 Å². The second-order valence-electron chi connectivity index (χ2n) is 2.35. The number of amides is 1. The first-order chi connectivity index (χ1) is 6.33. The topological polar surface area (TPSA) is 68.0 Å². The number of pyridine rings is 1. The highest BCUT2D eigenvalue weighted by Gasteiger charge is 1.98. The lowest BCUT2D eigenvalue weighted by Crippen LogP contribution is -2.30. The molecule has 1 amide bonds. The molecule has 0 aliphatic rings. The molecule has 0 fully saturated rings. The Kier molecular flexibility index (Phi) is 4.28. The summed E-state index contributed by atoms with van der Waals surface area (Å²) in [6.07, 6.45) is 3.89. The Bertz CT molecular complexity index is 265. The molecule has 4 nitrogen and oxygen atoms in total. The van der Waals surface area contributed by atoms with E-state index in [1.165, 1.54) is 0 Å². The second kappa shape index (κ2) is 5.55. The molecule has 1 heterocycles. The summed E-state index contributed by atoms with van der Waals surface area (Å²) in [6.45, 7) is 0. The summed E-state index contributed by atoms with van der Waals surface area (Å²) in [4.78, 5) is 15.7. The smallest absolute Gasteiger partial charge is 0.234 e. The van der Waals surface area contributed by atoms with Gasteiger partial charge in [0.05, 0.1) is 0 Å². The summed E-state index contributed by atoms with van der Waals surface area (Å²) < 4.78 is 0. The van der Waals surface area contributed by atoms with E-state index in [0.717, 1.165) is 10.6 Å². The number of nitrogens with one attached hydrogen (secondary N) is 1. The summed E-state index contributed by atoms with van der Waals surface area (Å²) in [5.41, 5.74) is 2.09. The van der Waals surface area contributed by atoms with E-state index in [1.54, 1.807) is 24.2 Å². The lowest BCUT2D eigenvalue weighted by molar-refractivity contribution is -0.120. The second-order valence-corrected chi connectivity index (χ2v) is 3.52. The number of aromatic nitrogens is 1. The quantitative estimate of drug-likeness (QED) is 0.320. The minimum Gasteiger partial charge on any atom is -0.294 e. The van der Waals surface area contributed by atoms with Crippen molar-refractivity contribution in [1.29, 1.82) is 0 Å². The van der Waals surface area contributed by atoms with E-state index in [-0.39, 0.29) is 5.91 Å². The zero-order valence-electron chi connectivity index (χ0n) is 7.06. The number of carbonyl (C=O) groups excluding carboxylic acids is 1. The van der Waals surface area contributed by atoms with Crippen molar-refractivity contribution >= 4 is 17.7 Å². The maximum Gasteiger partial charge on any atom is 0.234 e. The van der Waals surface area contributed by atoms with Gasteiger partial charge in [-0.2, -0.15) is 0 Å². The third-order valence-corrected chi connectivity index (χ3v) is 2.42. The van der Waals surface area contributed by atoms with E-state index >= 15 is 0 Å². The zero-order valence-corrected chi connectivity index (χ0v) is 7.88. The van der Waals surface area contributed by atoms with Crippen LogP contribution in [0.15, 0.2) is 29.4 Å². The molecule has 13 heavy (non-hydrogen) atoms. The first-order valence-electron chi connectivity index (χ1n) is 3.85. The number of hydrazine groups is 1. The van der Waals surface area contributed by atoms with Crippen LogP contribution in [0.25, 0.3) is 0 Å². The molecule has 1 rings (SSSR count). The van der Waals surface area contributed by atoms with E-state index in [9.17, 15) is 4.79 Å². The number of hydrogen-bond donors (Lipinski definition) is 2. The average molecular weight is 197 g/mol. The number of carbonyl (C=O) groups is 1. The van der Waals surface area contributed by atoms with Gasteiger partial charge in [-0.3, -0.25) is 15.2 Å². The predicted molar refractivity (Wildman–Crippen MR) is 51.9 cm³/mol. The number of nitrogens with two attached hydrogens (primary N) is 1. The molecule has 0 saturated heterocycles. The van der Waals surface area contributed by atoms with Gasteiger partial charge in [-0.25, -0.2) is 5.84 Å². The van der Waals surface area contributed by atoms with Crippen molar-refractivity contribution in [2.45, 2.75) is 11.3 Å². The van der Waals surface area contributed by atoms with Crippen LogP contribution in [0.4, 0.5) is 0 Å². The molecule has 0 saturated carbocycles. The Morgan fingerprint density at radius 3 is 2.85 bits per heavy atom. The highest BCUT2D eigenvalue weighted by Crippen LogP contribution is 2.16. The number of hydrogen-bond acceptors (Lipinski definition) is 4. The van der Waals surface area contributed by atoms with Crippen molar-refractivity contribution in [2.75, 3.05) is 5.75 Å². The molecule has 0 radical (unpaired) electrons. The molecule has 1 aromatic rings. The third kappa shape index (κ3) is 3.91. The number of rotatable bonds is 4. The van der Waals surface area contributed by atoms with E-state index in [0.29, 0.717) is 6.42 Å². The molecular weight excluding hydrogens is 186 g/mol. The van der Waals surface area contributed by atoms with E-state index in [2.05, 4.69) is 10.4 Å². The fourth-order valence-corrected chi connectivity index (χ4v) is 1.61. The lowest BCUT2D eigenvalue weighted by atomic mass is 10.5. The monoisotopic (exact) mass is 197 g/mol. The van der Waals surface area contributed by atoms with Gasteiger partial charge >= 0.3 is 0 Å². The maximum absolute atomic E-state index is 10.7. The van der Waals surface area contributed by atoms with Gasteiger partial charge in [0.15, 0.2) is 0 Å². The largest absolute Gasteiger partial charge is 0.294 e. The molecule has 0 bridgehead atoms. The van der Waals surface area contributed by atoms with Crippen molar-refractivity contribution in [1.82, 2.24) is 10.4 Å². The standard InChI is InChI=1S/C8H11N3OS/c9-11-8(12)3-6-13-7-1-4-10-5-2-7/h1-2,4-5H,3,6,9H2,(H,11,12). The molecule has 0 unspecified atom stereocenters. The zero-order chi connectivity index (χ0) is 9.52. The molecule has 0 atom stereocenters. The number of nitrogens with zero attached hydrogens (tertiary/aromatic N) is 1. The van der Waals surface area contributed by atoms with Crippen LogP contribution in [-0.4, -0.2) is 16.6 Å². The highest BCUT2D eigenvalue weighted by molar-refractivity contribution is 7.99. The van der Waals surface area contributed by atoms with Gasteiger partial charge in [0, 0.05) is 29.5 Å². The molecule has 0 aliphatic carbocycles. The maximum atomic E-state index is 10.7. The minimum atomic E-state index is -0.137. The molecule has 5 heteroatoms. The molecule has 0 spiro atoms. The highest BCUT2D eigenvalue weighted by atomic mass is 32.2. The van der Waals surface area contributed by atoms with E-state index < -0.39 is 0 Å². The molecule has 70 valence electrons. The Hall–Kier alpha value is -1.07. The fourth-order valence-electron chi connectivity index (χ4n) is 0.768. The van der Waals surface area contributed by atoms with E-state index in [4.69, 9.17) is 5.84 Å². The molecule has 0 aliphatic heterocycles. The Morgan fingerprint density at radius 1 is 1.54 bits per heavy atom. The van der Waals surface area contributed by atoms with Gasteiger partial charge in [-0.1, -0.05) is 0 Å². The van der Waals surface area contributed by atoms with Gasteiger partial charge in [0.25, 0.3) is 0 Å².